The summed E-state index contributed by atoms with van der Waals surface area (Å²) in [6.07, 6.45) is 5.61. The molecule has 0 aromatic heterocycles. The lowest BCUT2D eigenvalue weighted by Gasteiger charge is -2.35. The van der Waals surface area contributed by atoms with E-state index in [1.165, 1.54) is 22.9 Å². The SMILES string of the molecule is CCC(C(=O)NC1CCCCC1)N(Cc1ccc(C)cc1)C(=O)CN(c1cc(C)ccc1C)S(=O)(=O)c1ccccc1. The lowest BCUT2D eigenvalue weighted by Crippen LogP contribution is -2.54. The van der Waals surface area contributed by atoms with E-state index in [-0.39, 0.29) is 23.4 Å². The lowest BCUT2D eigenvalue weighted by atomic mass is 9.95. The summed E-state index contributed by atoms with van der Waals surface area (Å²) in [5.41, 5.74) is 4.03. The van der Waals surface area contributed by atoms with Gasteiger partial charge in [-0.05, 0) is 74.9 Å². The molecule has 7 nitrogen and oxygen atoms in total. The third kappa shape index (κ3) is 7.59. The number of amides is 2. The van der Waals surface area contributed by atoms with E-state index in [0.717, 1.165) is 47.9 Å². The normalized spacial score (nSPS) is 14.7. The van der Waals surface area contributed by atoms with Gasteiger partial charge in [0.1, 0.15) is 12.6 Å². The molecule has 1 aliphatic carbocycles. The van der Waals surface area contributed by atoms with E-state index in [1.807, 2.05) is 64.1 Å². The van der Waals surface area contributed by atoms with E-state index in [1.54, 1.807) is 29.2 Å². The number of aryl methyl sites for hydroxylation is 3. The summed E-state index contributed by atoms with van der Waals surface area (Å²) in [5.74, 6) is -0.615. The quantitative estimate of drug-likeness (QED) is 0.294. The molecular weight excluding hydrogens is 546 g/mol. The fourth-order valence-electron chi connectivity index (χ4n) is 5.58. The van der Waals surface area contributed by atoms with E-state index in [0.29, 0.717) is 12.1 Å². The van der Waals surface area contributed by atoms with Crippen molar-refractivity contribution in [3.8, 4) is 0 Å². The van der Waals surface area contributed by atoms with Gasteiger partial charge in [0, 0.05) is 12.6 Å². The molecule has 1 atom stereocenters. The number of hydrogen-bond donors (Lipinski definition) is 1. The monoisotopic (exact) mass is 589 g/mol. The zero-order chi connectivity index (χ0) is 30.3. The molecule has 1 saturated carbocycles. The molecule has 0 spiro atoms. The zero-order valence-corrected chi connectivity index (χ0v) is 26.0. The van der Waals surface area contributed by atoms with Crippen molar-refractivity contribution in [2.75, 3.05) is 10.8 Å². The number of nitrogens with one attached hydrogen (secondary N) is 1. The van der Waals surface area contributed by atoms with Crippen LogP contribution in [0, 0.1) is 20.8 Å². The van der Waals surface area contributed by atoms with Crippen molar-refractivity contribution in [3.63, 3.8) is 0 Å². The number of carbonyl (C=O) groups is 2. The highest BCUT2D eigenvalue weighted by Crippen LogP contribution is 2.29. The van der Waals surface area contributed by atoms with E-state index in [4.69, 9.17) is 0 Å². The van der Waals surface area contributed by atoms with Crippen LogP contribution in [0.15, 0.2) is 77.7 Å². The Balaban J connectivity index is 1.72. The molecule has 0 bridgehead atoms. The van der Waals surface area contributed by atoms with Crippen molar-refractivity contribution < 1.29 is 18.0 Å². The number of nitrogens with zero attached hydrogens (tertiary/aromatic N) is 2. The van der Waals surface area contributed by atoms with Gasteiger partial charge in [-0.1, -0.05) is 86.3 Å². The molecule has 0 radical (unpaired) electrons. The van der Waals surface area contributed by atoms with Gasteiger partial charge in [-0.3, -0.25) is 13.9 Å². The Morgan fingerprint density at radius 2 is 1.52 bits per heavy atom. The maximum atomic E-state index is 14.3. The van der Waals surface area contributed by atoms with E-state index in [2.05, 4.69) is 5.32 Å². The van der Waals surface area contributed by atoms with Crippen molar-refractivity contribution in [3.05, 3.63) is 95.1 Å². The van der Waals surface area contributed by atoms with E-state index < -0.39 is 28.5 Å². The second-order valence-corrected chi connectivity index (χ2v) is 13.3. The summed E-state index contributed by atoms with van der Waals surface area (Å²) < 4.78 is 29.3. The fourth-order valence-corrected chi connectivity index (χ4v) is 7.07. The minimum absolute atomic E-state index is 0.0986. The minimum atomic E-state index is -4.09. The topological polar surface area (TPSA) is 86.8 Å². The second-order valence-electron chi connectivity index (χ2n) is 11.4. The van der Waals surface area contributed by atoms with E-state index >= 15 is 0 Å². The number of sulfonamides is 1. The van der Waals surface area contributed by atoms with Crippen LogP contribution in [0.1, 0.15) is 67.7 Å². The van der Waals surface area contributed by atoms with Gasteiger partial charge in [0.25, 0.3) is 10.0 Å². The molecular formula is C34H43N3O4S. The standard InChI is InChI=1S/C34H43N3O4S/c1-5-31(34(39)35-29-12-8-6-9-13-29)36(23-28-20-17-25(2)18-21-28)33(38)24-37(32-22-26(3)16-19-27(32)4)42(40,41)30-14-10-7-11-15-30/h7,10-11,14-22,29,31H,5-6,8-9,12-13,23-24H2,1-4H3,(H,35,39). The minimum Gasteiger partial charge on any atom is -0.352 e. The number of rotatable bonds is 11. The summed E-state index contributed by atoms with van der Waals surface area (Å²) in [4.78, 5) is 29.6. The molecule has 1 unspecified atom stereocenters. The van der Waals surface area contributed by atoms with Crippen LogP contribution in [-0.2, 0) is 26.2 Å². The highest BCUT2D eigenvalue weighted by atomic mass is 32.2. The second kappa shape index (κ2) is 14.0. The Kier molecular flexibility index (Phi) is 10.4. The number of benzene rings is 3. The van der Waals surface area contributed by atoms with Crippen molar-refractivity contribution in [1.82, 2.24) is 10.2 Å². The van der Waals surface area contributed by atoms with Gasteiger partial charge in [-0.25, -0.2) is 8.42 Å². The summed E-state index contributed by atoms with van der Waals surface area (Å²) in [7, 11) is -4.09. The number of carbonyl (C=O) groups excluding carboxylic acids is 2. The van der Waals surface area contributed by atoms with Crippen LogP contribution in [0.5, 0.6) is 0 Å². The maximum Gasteiger partial charge on any atom is 0.264 e. The van der Waals surface area contributed by atoms with Crippen molar-refractivity contribution in [2.24, 2.45) is 0 Å². The zero-order valence-electron chi connectivity index (χ0n) is 25.2. The molecule has 4 rings (SSSR count). The predicted molar refractivity (Wildman–Crippen MR) is 168 cm³/mol. The first-order valence-electron chi connectivity index (χ1n) is 14.9. The lowest BCUT2D eigenvalue weighted by molar-refractivity contribution is -0.140. The fraction of sp³-hybridized carbons (Fsp3) is 0.412. The third-order valence-electron chi connectivity index (χ3n) is 8.05. The van der Waals surface area contributed by atoms with Gasteiger partial charge in [0.2, 0.25) is 11.8 Å². The van der Waals surface area contributed by atoms with Crippen LogP contribution in [0.2, 0.25) is 0 Å². The first kappa shape index (κ1) is 31.3. The van der Waals surface area contributed by atoms with Gasteiger partial charge < -0.3 is 10.2 Å². The summed E-state index contributed by atoms with van der Waals surface area (Å²) in [6, 6.07) is 20.9. The highest BCUT2D eigenvalue weighted by molar-refractivity contribution is 7.92. The van der Waals surface area contributed by atoms with E-state index in [9.17, 15) is 18.0 Å². The smallest absolute Gasteiger partial charge is 0.264 e. The number of hydrogen-bond acceptors (Lipinski definition) is 4. The third-order valence-corrected chi connectivity index (χ3v) is 9.83. The van der Waals surface area contributed by atoms with Crippen molar-refractivity contribution >= 4 is 27.5 Å². The first-order valence-corrected chi connectivity index (χ1v) is 16.3. The molecule has 0 aliphatic heterocycles. The Bertz CT molecular complexity index is 1470. The average Bonchev–Trinajstić information content (AvgIpc) is 2.99. The molecule has 42 heavy (non-hydrogen) atoms. The molecule has 2 amide bonds. The number of anilines is 1. The largest absolute Gasteiger partial charge is 0.352 e. The van der Waals surface area contributed by atoms with Crippen LogP contribution in [0.4, 0.5) is 5.69 Å². The van der Waals surface area contributed by atoms with Gasteiger partial charge in [0.15, 0.2) is 0 Å². The van der Waals surface area contributed by atoms with Crippen LogP contribution in [0.3, 0.4) is 0 Å². The Hall–Kier alpha value is -3.65. The predicted octanol–water partition coefficient (Wildman–Crippen LogP) is 6.06. The van der Waals surface area contributed by atoms with Gasteiger partial charge in [-0.2, -0.15) is 0 Å². The first-order chi connectivity index (χ1) is 20.1. The molecule has 1 fully saturated rings. The molecule has 3 aromatic carbocycles. The Morgan fingerprint density at radius 1 is 0.881 bits per heavy atom. The summed E-state index contributed by atoms with van der Waals surface area (Å²) in [5, 5.41) is 3.19. The van der Waals surface area contributed by atoms with Gasteiger partial charge in [-0.15, -0.1) is 0 Å². The van der Waals surface area contributed by atoms with Gasteiger partial charge >= 0.3 is 0 Å². The molecule has 8 heteroatoms. The summed E-state index contributed by atoms with van der Waals surface area (Å²) >= 11 is 0. The highest BCUT2D eigenvalue weighted by Gasteiger charge is 2.34. The average molecular weight is 590 g/mol. The van der Waals surface area contributed by atoms with Crippen LogP contribution in [0.25, 0.3) is 0 Å². The molecule has 0 heterocycles. The van der Waals surface area contributed by atoms with Crippen molar-refractivity contribution in [1.29, 1.82) is 0 Å². The summed E-state index contributed by atoms with van der Waals surface area (Å²) in [6.45, 7) is 7.38. The molecule has 224 valence electrons. The van der Waals surface area contributed by atoms with Crippen LogP contribution in [-0.4, -0.2) is 43.8 Å². The van der Waals surface area contributed by atoms with Gasteiger partial charge in [0.05, 0.1) is 10.6 Å². The Labute approximate surface area is 251 Å². The molecule has 0 saturated heterocycles. The molecule has 3 aromatic rings. The molecule has 1 aliphatic rings. The van der Waals surface area contributed by atoms with Crippen molar-refractivity contribution in [2.45, 2.75) is 89.7 Å². The van der Waals surface area contributed by atoms with Crippen LogP contribution >= 0.6 is 0 Å². The molecule has 1 N–H and O–H groups in total. The maximum absolute atomic E-state index is 14.3. The van der Waals surface area contributed by atoms with Crippen LogP contribution < -0.4 is 9.62 Å². The Morgan fingerprint density at radius 3 is 2.17 bits per heavy atom.